The summed E-state index contributed by atoms with van der Waals surface area (Å²) in [5.41, 5.74) is 3.13. The number of allylic oxidation sites excluding steroid dienone is 1. The predicted molar refractivity (Wildman–Crippen MR) is 131 cm³/mol. The fraction of sp³-hybridized carbons (Fsp3) is 0.125. The van der Waals surface area contributed by atoms with Crippen LogP contribution in [0.15, 0.2) is 60.7 Å². The van der Waals surface area contributed by atoms with Gasteiger partial charge in [0.25, 0.3) is 0 Å². The first-order valence-corrected chi connectivity index (χ1v) is 11.0. The molecule has 30 heavy (non-hydrogen) atoms. The molecule has 0 aliphatic rings. The second kappa shape index (κ2) is 10.7. The lowest BCUT2D eigenvalue weighted by atomic mass is 10.0. The zero-order valence-electron chi connectivity index (χ0n) is 16.2. The van der Waals surface area contributed by atoms with Crippen molar-refractivity contribution in [3.05, 3.63) is 91.0 Å². The monoisotopic (exact) mass is 549 g/mol. The number of hydrogen-bond donors (Lipinski definition) is 0. The van der Waals surface area contributed by atoms with E-state index in [1.807, 2.05) is 61.5 Å². The molecular weight excluding hydrogens is 532 g/mol. The van der Waals surface area contributed by atoms with Gasteiger partial charge in [0.05, 0.1) is 18.2 Å². The molecule has 152 valence electrons. The van der Waals surface area contributed by atoms with Crippen molar-refractivity contribution in [1.82, 2.24) is 0 Å². The molecule has 3 aromatic carbocycles. The Morgan fingerprint density at radius 1 is 1.00 bits per heavy atom. The van der Waals surface area contributed by atoms with Crippen LogP contribution in [0.4, 0.5) is 0 Å². The maximum Gasteiger partial charge on any atom is 0.161 e. The van der Waals surface area contributed by atoms with Crippen molar-refractivity contribution < 1.29 is 9.47 Å². The van der Waals surface area contributed by atoms with E-state index in [-0.39, 0.29) is 6.61 Å². The molecule has 0 aliphatic carbocycles. The number of benzene rings is 3. The standard InChI is InChI=1S/C24H18Cl2INO2/c1-2-29-24-12-16(11-19(14-28)17-5-8-21(27)9-6-17)3-10-23(24)30-15-18-4-7-20(25)13-22(18)26/h3-13H,2,15H2,1H3/b19-11-. The van der Waals surface area contributed by atoms with E-state index < -0.39 is 0 Å². The van der Waals surface area contributed by atoms with Gasteiger partial charge in [0.15, 0.2) is 11.5 Å². The van der Waals surface area contributed by atoms with Crippen molar-refractivity contribution in [1.29, 1.82) is 5.26 Å². The fourth-order valence-corrected chi connectivity index (χ4v) is 3.60. The highest BCUT2D eigenvalue weighted by atomic mass is 127. The first kappa shape index (κ1) is 22.5. The highest BCUT2D eigenvalue weighted by Crippen LogP contribution is 2.32. The van der Waals surface area contributed by atoms with Gasteiger partial charge < -0.3 is 9.47 Å². The Balaban J connectivity index is 1.85. The highest BCUT2D eigenvalue weighted by Gasteiger charge is 2.09. The summed E-state index contributed by atoms with van der Waals surface area (Å²) in [4.78, 5) is 0. The van der Waals surface area contributed by atoms with E-state index in [0.29, 0.717) is 33.7 Å². The van der Waals surface area contributed by atoms with Crippen LogP contribution >= 0.6 is 45.8 Å². The van der Waals surface area contributed by atoms with Crippen molar-refractivity contribution >= 4 is 57.4 Å². The van der Waals surface area contributed by atoms with Crippen LogP contribution in [0.25, 0.3) is 11.6 Å². The lowest BCUT2D eigenvalue weighted by Crippen LogP contribution is -2.00. The predicted octanol–water partition coefficient (Wildman–Crippen LogP) is 7.64. The Kier molecular flexibility index (Phi) is 8.03. The molecule has 0 amide bonds. The Morgan fingerprint density at radius 3 is 2.43 bits per heavy atom. The molecule has 0 N–H and O–H groups in total. The van der Waals surface area contributed by atoms with Crippen molar-refractivity contribution in [2.75, 3.05) is 6.61 Å². The lowest BCUT2D eigenvalue weighted by Gasteiger charge is -2.13. The van der Waals surface area contributed by atoms with E-state index in [4.69, 9.17) is 32.7 Å². The highest BCUT2D eigenvalue weighted by molar-refractivity contribution is 14.1. The Labute approximate surface area is 200 Å². The number of rotatable bonds is 7. The summed E-state index contributed by atoms with van der Waals surface area (Å²) < 4.78 is 12.8. The quantitative estimate of drug-likeness (QED) is 0.173. The number of hydrogen-bond acceptors (Lipinski definition) is 3. The van der Waals surface area contributed by atoms with Gasteiger partial charge in [0.1, 0.15) is 6.61 Å². The fourth-order valence-electron chi connectivity index (χ4n) is 2.77. The summed E-state index contributed by atoms with van der Waals surface area (Å²) in [6, 6.07) is 21.0. The number of nitrogens with zero attached hydrogens (tertiary/aromatic N) is 1. The molecule has 0 radical (unpaired) electrons. The molecule has 0 atom stereocenters. The van der Waals surface area contributed by atoms with Gasteiger partial charge >= 0.3 is 0 Å². The zero-order valence-corrected chi connectivity index (χ0v) is 19.8. The molecule has 0 saturated carbocycles. The van der Waals surface area contributed by atoms with Crippen LogP contribution in [-0.2, 0) is 6.61 Å². The van der Waals surface area contributed by atoms with Crippen LogP contribution in [0.5, 0.6) is 11.5 Å². The van der Waals surface area contributed by atoms with Crippen LogP contribution in [0.3, 0.4) is 0 Å². The summed E-state index contributed by atoms with van der Waals surface area (Å²) in [7, 11) is 0. The minimum absolute atomic E-state index is 0.289. The van der Waals surface area contributed by atoms with Gasteiger partial charge in [-0.2, -0.15) is 5.26 Å². The summed E-state index contributed by atoms with van der Waals surface area (Å²) in [5, 5.41) is 10.7. The SMILES string of the molecule is CCOc1cc(/C=C(/C#N)c2ccc(I)cc2)ccc1OCc1ccc(Cl)cc1Cl. The van der Waals surface area contributed by atoms with E-state index in [1.165, 1.54) is 0 Å². The van der Waals surface area contributed by atoms with Crippen molar-refractivity contribution in [3.63, 3.8) is 0 Å². The number of ether oxygens (including phenoxy) is 2. The molecule has 0 fully saturated rings. The van der Waals surface area contributed by atoms with Gasteiger partial charge in [-0.15, -0.1) is 0 Å². The van der Waals surface area contributed by atoms with E-state index in [1.54, 1.807) is 12.1 Å². The van der Waals surface area contributed by atoms with Crippen molar-refractivity contribution in [2.24, 2.45) is 0 Å². The second-order valence-corrected chi connectivity index (χ2v) is 8.43. The summed E-state index contributed by atoms with van der Waals surface area (Å²) in [5.74, 6) is 1.21. The molecule has 0 bridgehead atoms. The molecule has 6 heteroatoms. The first-order chi connectivity index (χ1) is 14.5. The van der Waals surface area contributed by atoms with Gasteiger partial charge in [-0.25, -0.2) is 0 Å². The Morgan fingerprint density at radius 2 is 1.77 bits per heavy atom. The van der Waals surface area contributed by atoms with E-state index in [2.05, 4.69) is 28.7 Å². The van der Waals surface area contributed by atoms with Gasteiger partial charge in [0.2, 0.25) is 0 Å². The molecule has 3 nitrogen and oxygen atoms in total. The maximum atomic E-state index is 9.60. The van der Waals surface area contributed by atoms with Crippen LogP contribution in [-0.4, -0.2) is 6.61 Å². The van der Waals surface area contributed by atoms with Crippen LogP contribution in [0, 0.1) is 14.9 Å². The van der Waals surface area contributed by atoms with Gasteiger partial charge in [0, 0.05) is 19.2 Å². The van der Waals surface area contributed by atoms with Crippen molar-refractivity contribution in [3.8, 4) is 17.6 Å². The topological polar surface area (TPSA) is 42.2 Å². The molecule has 0 heterocycles. The average Bonchev–Trinajstić information content (AvgIpc) is 2.73. The van der Waals surface area contributed by atoms with E-state index >= 15 is 0 Å². The summed E-state index contributed by atoms with van der Waals surface area (Å²) >= 11 is 14.4. The normalized spacial score (nSPS) is 11.1. The third-order valence-electron chi connectivity index (χ3n) is 4.25. The molecule has 0 aromatic heterocycles. The zero-order chi connectivity index (χ0) is 21.5. The third kappa shape index (κ3) is 5.91. The van der Waals surface area contributed by atoms with E-state index in [9.17, 15) is 5.26 Å². The molecule has 0 unspecified atom stereocenters. The smallest absolute Gasteiger partial charge is 0.161 e. The van der Waals surface area contributed by atoms with E-state index in [0.717, 1.165) is 20.3 Å². The van der Waals surface area contributed by atoms with Gasteiger partial charge in [-0.1, -0.05) is 47.5 Å². The third-order valence-corrected chi connectivity index (χ3v) is 5.56. The molecule has 0 aliphatic heterocycles. The summed E-state index contributed by atoms with van der Waals surface area (Å²) in [6.07, 6.45) is 1.84. The number of halogens is 3. The maximum absolute atomic E-state index is 9.60. The van der Waals surface area contributed by atoms with Crippen LogP contribution in [0.2, 0.25) is 10.0 Å². The van der Waals surface area contributed by atoms with Gasteiger partial charge in [-0.05, 0) is 83.1 Å². The Hall–Kier alpha value is -2.20. The first-order valence-electron chi connectivity index (χ1n) is 9.21. The molecule has 0 spiro atoms. The average molecular weight is 550 g/mol. The van der Waals surface area contributed by atoms with Crippen molar-refractivity contribution in [2.45, 2.75) is 13.5 Å². The minimum atomic E-state index is 0.289. The minimum Gasteiger partial charge on any atom is -0.490 e. The molecular formula is C24H18Cl2INO2. The summed E-state index contributed by atoms with van der Waals surface area (Å²) in [6.45, 7) is 2.69. The Bertz CT molecular complexity index is 1110. The second-order valence-electron chi connectivity index (χ2n) is 6.34. The van der Waals surface area contributed by atoms with Crippen LogP contribution in [0.1, 0.15) is 23.6 Å². The van der Waals surface area contributed by atoms with Gasteiger partial charge in [-0.3, -0.25) is 0 Å². The lowest BCUT2D eigenvalue weighted by molar-refractivity contribution is 0.269. The molecule has 0 saturated heterocycles. The molecule has 3 aromatic rings. The largest absolute Gasteiger partial charge is 0.490 e. The molecule has 3 rings (SSSR count). The van der Waals surface area contributed by atoms with Crippen LogP contribution < -0.4 is 9.47 Å². The number of nitriles is 1.